The van der Waals surface area contributed by atoms with Crippen LogP contribution in [0.3, 0.4) is 0 Å². The summed E-state index contributed by atoms with van der Waals surface area (Å²) in [6.07, 6.45) is 9.51. The second kappa shape index (κ2) is 5.57. The highest BCUT2D eigenvalue weighted by Crippen LogP contribution is 2.22. The number of benzene rings is 1. The molecule has 3 aromatic rings. The Labute approximate surface area is 131 Å². The number of ketones is 1. The van der Waals surface area contributed by atoms with Crippen molar-refractivity contribution in [1.29, 1.82) is 0 Å². The number of aliphatic imine (C=N–C) groups is 1. The summed E-state index contributed by atoms with van der Waals surface area (Å²) in [7, 11) is 0. The standard InChI is InChI=1S/C14H9N3O.C3H4N2/c18-9-1-2-11-8(5-9)6-10-12(17-11)3-4-13-14(10)16-7-15-13;1-2-5-3-4-1/h2-4,6-7H,1,5H2;1-3H,(H,4,5). The van der Waals surface area contributed by atoms with E-state index in [1.165, 1.54) is 0 Å². The van der Waals surface area contributed by atoms with Gasteiger partial charge in [-0.05, 0) is 23.8 Å². The van der Waals surface area contributed by atoms with Crippen LogP contribution in [-0.4, -0.2) is 27.1 Å². The number of aromatic amines is 1. The second-order valence-electron chi connectivity index (χ2n) is 5.29. The summed E-state index contributed by atoms with van der Waals surface area (Å²) in [6, 6.07) is 5.91. The van der Waals surface area contributed by atoms with Gasteiger partial charge in [-0.3, -0.25) is 4.79 Å². The fourth-order valence-corrected chi connectivity index (χ4v) is 2.69. The van der Waals surface area contributed by atoms with E-state index in [0.717, 1.165) is 32.9 Å². The minimum absolute atomic E-state index is 0.240. The third-order valence-electron chi connectivity index (χ3n) is 3.76. The molecule has 0 fully saturated rings. The van der Waals surface area contributed by atoms with Gasteiger partial charge in [0.25, 0.3) is 0 Å². The topological polar surface area (TPSA) is 83.4 Å². The van der Waals surface area contributed by atoms with Crippen LogP contribution in [0.15, 0.2) is 46.9 Å². The van der Waals surface area contributed by atoms with Crippen LogP contribution in [0.1, 0.15) is 12.0 Å². The number of H-pyrrole nitrogens is 1. The molecule has 0 bridgehead atoms. The predicted octanol–water partition coefficient (Wildman–Crippen LogP) is 1.23. The number of pyridine rings is 1. The number of nitrogens with one attached hydrogen (secondary N) is 1. The summed E-state index contributed by atoms with van der Waals surface area (Å²) in [6.45, 7) is 0. The molecule has 1 aliphatic carbocycles. The zero-order valence-electron chi connectivity index (χ0n) is 12.2. The molecule has 2 aromatic heterocycles. The number of carbonyl (C=O) groups is 1. The maximum absolute atomic E-state index is 11.5. The summed E-state index contributed by atoms with van der Waals surface area (Å²) < 4.78 is 0. The average Bonchev–Trinajstić information content (AvgIpc) is 3.27. The highest BCUT2D eigenvalue weighted by Gasteiger charge is 2.14. The van der Waals surface area contributed by atoms with Crippen molar-refractivity contribution in [2.24, 2.45) is 9.98 Å². The molecule has 0 amide bonds. The molecule has 0 atom stereocenters. The normalized spacial score (nSPS) is 14.3. The van der Waals surface area contributed by atoms with Crippen molar-refractivity contribution in [3.63, 3.8) is 0 Å². The van der Waals surface area contributed by atoms with Crippen molar-refractivity contribution in [2.75, 3.05) is 0 Å². The fraction of sp³-hybridized carbons (Fsp3) is 0.118. The van der Waals surface area contributed by atoms with Crippen molar-refractivity contribution in [1.82, 2.24) is 15.0 Å². The molecular weight excluding hydrogens is 290 g/mol. The van der Waals surface area contributed by atoms with Gasteiger partial charge in [-0.1, -0.05) is 6.08 Å². The van der Waals surface area contributed by atoms with Crippen molar-refractivity contribution < 1.29 is 4.79 Å². The lowest BCUT2D eigenvalue weighted by Gasteiger charge is -2.09. The largest absolute Gasteiger partial charge is 0.351 e. The van der Waals surface area contributed by atoms with Gasteiger partial charge in [0.1, 0.15) is 12.1 Å². The van der Waals surface area contributed by atoms with Gasteiger partial charge in [0.2, 0.25) is 0 Å². The summed E-state index contributed by atoms with van der Waals surface area (Å²) in [5.74, 6) is 0.240. The Morgan fingerprint density at radius 3 is 2.96 bits per heavy atom. The molecule has 1 N–H and O–H groups in total. The molecule has 0 radical (unpaired) electrons. The van der Waals surface area contributed by atoms with Gasteiger partial charge in [-0.2, -0.15) is 0 Å². The minimum atomic E-state index is 0.240. The van der Waals surface area contributed by atoms with E-state index in [4.69, 9.17) is 0 Å². The van der Waals surface area contributed by atoms with Crippen molar-refractivity contribution in [3.8, 4) is 0 Å². The Morgan fingerprint density at radius 1 is 1.22 bits per heavy atom. The maximum atomic E-state index is 11.5. The highest BCUT2D eigenvalue weighted by atomic mass is 16.1. The molecule has 5 rings (SSSR count). The van der Waals surface area contributed by atoms with Crippen LogP contribution in [0.25, 0.3) is 17.0 Å². The summed E-state index contributed by atoms with van der Waals surface area (Å²) >= 11 is 0. The number of nitrogens with zero attached hydrogens (tertiary/aromatic N) is 4. The summed E-state index contributed by atoms with van der Waals surface area (Å²) in [5.41, 5.74) is 2.77. The first-order chi connectivity index (χ1) is 11.3. The average molecular weight is 303 g/mol. The van der Waals surface area contributed by atoms with Crippen LogP contribution in [0, 0.1) is 0 Å². The van der Waals surface area contributed by atoms with E-state index >= 15 is 0 Å². The third kappa shape index (κ3) is 2.55. The number of Topliss-reactive ketones (excluding diaryl/α,β-unsaturated/α-hetero) is 1. The molecule has 23 heavy (non-hydrogen) atoms. The van der Waals surface area contributed by atoms with Crippen molar-refractivity contribution in [2.45, 2.75) is 12.8 Å². The number of hydrogen-bond donors (Lipinski definition) is 1. The summed E-state index contributed by atoms with van der Waals surface area (Å²) in [4.78, 5) is 31.0. The van der Waals surface area contributed by atoms with E-state index in [-0.39, 0.29) is 5.78 Å². The first-order valence-electron chi connectivity index (χ1n) is 7.29. The Morgan fingerprint density at radius 2 is 2.17 bits per heavy atom. The molecule has 6 heteroatoms. The number of carbonyl (C=O) groups excluding carboxylic acids is 1. The first kappa shape index (κ1) is 13.5. The number of hydrogen-bond acceptors (Lipinski definition) is 5. The Bertz CT molecular complexity index is 1020. The molecule has 0 unspecified atom stereocenters. The van der Waals surface area contributed by atoms with Crippen LogP contribution in [0.5, 0.6) is 0 Å². The van der Waals surface area contributed by atoms with Gasteiger partial charge >= 0.3 is 0 Å². The molecule has 0 saturated carbocycles. The van der Waals surface area contributed by atoms with Gasteiger partial charge in [0, 0.05) is 30.6 Å². The van der Waals surface area contributed by atoms with Crippen LogP contribution in [-0.2, 0) is 11.2 Å². The van der Waals surface area contributed by atoms with E-state index in [1.807, 2.05) is 24.3 Å². The van der Waals surface area contributed by atoms with Crippen molar-refractivity contribution >= 4 is 34.8 Å². The molecule has 1 aliphatic heterocycles. The van der Waals surface area contributed by atoms with Gasteiger partial charge < -0.3 is 4.98 Å². The highest BCUT2D eigenvalue weighted by molar-refractivity contribution is 5.95. The number of rotatable bonds is 0. The van der Waals surface area contributed by atoms with Crippen LogP contribution in [0.2, 0.25) is 0 Å². The summed E-state index contributed by atoms with van der Waals surface area (Å²) in [5, 5.41) is 2.78. The first-order valence-corrected chi connectivity index (χ1v) is 7.29. The van der Waals surface area contributed by atoms with Crippen LogP contribution in [0.4, 0.5) is 5.69 Å². The molecule has 1 aromatic carbocycles. The zero-order valence-corrected chi connectivity index (χ0v) is 12.2. The smallest absolute Gasteiger partial charge is 0.141 e. The number of fused-ring (bicyclic) bond motifs is 4. The third-order valence-corrected chi connectivity index (χ3v) is 3.76. The van der Waals surface area contributed by atoms with Gasteiger partial charge in [0.05, 0.1) is 28.2 Å². The number of aromatic nitrogens is 3. The van der Waals surface area contributed by atoms with Gasteiger partial charge in [0.15, 0.2) is 0 Å². The van der Waals surface area contributed by atoms with E-state index < -0.39 is 0 Å². The Kier molecular flexibility index (Phi) is 3.27. The lowest BCUT2D eigenvalue weighted by atomic mass is 9.99. The Hall–Kier alpha value is -3.15. The zero-order chi connectivity index (χ0) is 15.6. The van der Waals surface area contributed by atoms with Gasteiger partial charge in [-0.25, -0.2) is 20.0 Å². The second-order valence-corrected chi connectivity index (χ2v) is 5.29. The molecule has 0 spiro atoms. The quantitative estimate of drug-likeness (QED) is 0.678. The molecule has 2 aliphatic rings. The van der Waals surface area contributed by atoms with E-state index in [1.54, 1.807) is 25.1 Å². The SMILES string of the molecule is O=C1CC=c2nc3ccc4c(c3cc2C1)N=CN=4.c1c[nH]cn1. The van der Waals surface area contributed by atoms with E-state index in [2.05, 4.69) is 24.9 Å². The van der Waals surface area contributed by atoms with Crippen LogP contribution >= 0.6 is 0 Å². The molecule has 0 saturated heterocycles. The number of imidazole rings is 1. The van der Waals surface area contributed by atoms with E-state index in [9.17, 15) is 4.79 Å². The molecule has 6 nitrogen and oxygen atoms in total. The fourth-order valence-electron chi connectivity index (χ4n) is 2.69. The minimum Gasteiger partial charge on any atom is -0.351 e. The van der Waals surface area contributed by atoms with Gasteiger partial charge in [-0.15, -0.1) is 0 Å². The molecular formula is C17H13N5O. The van der Waals surface area contributed by atoms with Crippen molar-refractivity contribution in [3.05, 3.63) is 53.2 Å². The van der Waals surface area contributed by atoms with Crippen LogP contribution < -0.4 is 10.7 Å². The lowest BCUT2D eigenvalue weighted by molar-refractivity contribution is -0.117. The maximum Gasteiger partial charge on any atom is 0.141 e. The monoisotopic (exact) mass is 303 g/mol. The predicted molar refractivity (Wildman–Crippen MR) is 87.1 cm³/mol. The van der Waals surface area contributed by atoms with E-state index in [0.29, 0.717) is 12.8 Å². The lowest BCUT2D eigenvalue weighted by Crippen LogP contribution is -2.22. The molecule has 3 heterocycles. The molecule has 112 valence electrons. The Balaban J connectivity index is 0.000000233.